The first-order chi connectivity index (χ1) is 11.7. The summed E-state index contributed by atoms with van der Waals surface area (Å²) in [7, 11) is 0. The molecule has 122 valence electrons. The third kappa shape index (κ3) is 3.27. The lowest BCUT2D eigenvalue weighted by Gasteiger charge is -2.27. The van der Waals surface area contributed by atoms with Gasteiger partial charge in [-0.3, -0.25) is 9.98 Å². The Hall–Kier alpha value is -2.75. The van der Waals surface area contributed by atoms with Crippen molar-refractivity contribution < 1.29 is 9.53 Å². The van der Waals surface area contributed by atoms with Crippen LogP contribution in [-0.2, 0) is 9.53 Å². The van der Waals surface area contributed by atoms with Crippen molar-refractivity contribution in [2.45, 2.75) is 25.9 Å². The molecule has 2 aromatic rings. The number of esters is 1. The quantitative estimate of drug-likeness (QED) is 0.801. The minimum absolute atomic E-state index is 0.147. The second kappa shape index (κ2) is 7.21. The van der Waals surface area contributed by atoms with Crippen molar-refractivity contribution in [3.8, 4) is 0 Å². The van der Waals surface area contributed by atoms with E-state index in [0.717, 1.165) is 11.1 Å². The van der Waals surface area contributed by atoms with Gasteiger partial charge in [0.05, 0.1) is 12.3 Å². The molecule has 2 aromatic carbocycles. The summed E-state index contributed by atoms with van der Waals surface area (Å²) in [4.78, 5) is 21.7. The molecule has 2 atom stereocenters. The minimum Gasteiger partial charge on any atom is -0.461 e. The Morgan fingerprint density at radius 1 is 0.917 bits per heavy atom. The smallest absolute Gasteiger partial charge is 0.358 e. The highest BCUT2D eigenvalue weighted by atomic mass is 16.5. The SMILES string of the molecule is CCOC(=O)C1=NC(c2ccccc2)C(c2ccccc2)N=C1C. The van der Waals surface area contributed by atoms with Crippen LogP contribution in [0.25, 0.3) is 0 Å². The molecule has 0 bridgehead atoms. The number of ether oxygens (including phenoxy) is 1. The Kier molecular flexibility index (Phi) is 4.85. The molecule has 4 nitrogen and oxygen atoms in total. The van der Waals surface area contributed by atoms with Crippen LogP contribution in [0, 0.1) is 0 Å². The molecule has 0 spiro atoms. The summed E-state index contributed by atoms with van der Waals surface area (Å²) in [5.74, 6) is -0.411. The zero-order valence-electron chi connectivity index (χ0n) is 13.8. The Labute approximate surface area is 141 Å². The van der Waals surface area contributed by atoms with Crippen LogP contribution in [0.3, 0.4) is 0 Å². The van der Waals surface area contributed by atoms with E-state index in [1.807, 2.05) is 67.6 Å². The van der Waals surface area contributed by atoms with Crippen LogP contribution >= 0.6 is 0 Å². The number of hydrogen-bond acceptors (Lipinski definition) is 4. The fraction of sp³-hybridized carbons (Fsp3) is 0.250. The molecule has 1 aliphatic heterocycles. The largest absolute Gasteiger partial charge is 0.461 e. The van der Waals surface area contributed by atoms with E-state index in [2.05, 4.69) is 0 Å². The molecule has 0 amide bonds. The second-order valence-electron chi connectivity index (χ2n) is 5.62. The molecule has 24 heavy (non-hydrogen) atoms. The molecule has 1 heterocycles. The molecule has 0 aliphatic carbocycles. The first-order valence-electron chi connectivity index (χ1n) is 8.10. The number of carbonyl (C=O) groups is 1. The van der Waals surface area contributed by atoms with Gasteiger partial charge in [-0.2, -0.15) is 0 Å². The average Bonchev–Trinajstić information content (AvgIpc) is 2.63. The number of hydrogen-bond donors (Lipinski definition) is 0. The highest BCUT2D eigenvalue weighted by Crippen LogP contribution is 2.38. The third-order valence-corrected chi connectivity index (χ3v) is 3.99. The molecule has 0 N–H and O–H groups in total. The first kappa shape index (κ1) is 16.1. The highest BCUT2D eigenvalue weighted by molar-refractivity contribution is 6.65. The predicted octanol–water partition coefficient (Wildman–Crippen LogP) is 3.95. The fourth-order valence-electron chi connectivity index (χ4n) is 2.86. The maximum atomic E-state index is 12.2. The maximum absolute atomic E-state index is 12.2. The topological polar surface area (TPSA) is 51.0 Å². The number of benzene rings is 2. The van der Waals surface area contributed by atoms with Gasteiger partial charge < -0.3 is 4.74 Å². The van der Waals surface area contributed by atoms with E-state index in [0.29, 0.717) is 18.0 Å². The zero-order valence-corrected chi connectivity index (χ0v) is 13.8. The summed E-state index contributed by atoms with van der Waals surface area (Å²) in [5, 5.41) is 0. The fourth-order valence-corrected chi connectivity index (χ4v) is 2.86. The first-order valence-corrected chi connectivity index (χ1v) is 8.10. The lowest BCUT2D eigenvalue weighted by molar-refractivity contribution is -0.134. The van der Waals surface area contributed by atoms with Gasteiger partial charge in [0.1, 0.15) is 12.1 Å². The molecule has 0 saturated heterocycles. The Balaban J connectivity index is 2.05. The molecular weight excluding hydrogens is 300 g/mol. The van der Waals surface area contributed by atoms with Crippen LogP contribution in [0.5, 0.6) is 0 Å². The molecule has 1 aliphatic rings. The predicted molar refractivity (Wildman–Crippen MR) is 95.5 cm³/mol. The van der Waals surface area contributed by atoms with Gasteiger partial charge in [0.25, 0.3) is 0 Å². The van der Waals surface area contributed by atoms with E-state index in [-0.39, 0.29) is 12.1 Å². The Bertz CT molecular complexity index is 767. The highest BCUT2D eigenvalue weighted by Gasteiger charge is 2.31. The van der Waals surface area contributed by atoms with Crippen molar-refractivity contribution in [2.24, 2.45) is 9.98 Å². The number of aliphatic imine (C=N–C) groups is 2. The molecule has 2 unspecified atom stereocenters. The van der Waals surface area contributed by atoms with Gasteiger partial charge >= 0.3 is 5.97 Å². The van der Waals surface area contributed by atoms with Gasteiger partial charge in [0, 0.05) is 0 Å². The van der Waals surface area contributed by atoms with Gasteiger partial charge in [-0.1, -0.05) is 60.7 Å². The van der Waals surface area contributed by atoms with E-state index >= 15 is 0 Å². The van der Waals surface area contributed by atoms with E-state index in [4.69, 9.17) is 14.7 Å². The normalized spacial score (nSPS) is 20.1. The molecule has 0 aromatic heterocycles. The Morgan fingerprint density at radius 3 is 1.92 bits per heavy atom. The van der Waals surface area contributed by atoms with Crippen LogP contribution in [0.1, 0.15) is 37.1 Å². The van der Waals surface area contributed by atoms with Crippen LogP contribution in [0.2, 0.25) is 0 Å². The summed E-state index contributed by atoms with van der Waals surface area (Å²) in [6.45, 7) is 3.92. The summed E-state index contributed by atoms with van der Waals surface area (Å²) in [5.41, 5.74) is 3.05. The van der Waals surface area contributed by atoms with Gasteiger partial charge in [0.15, 0.2) is 5.71 Å². The van der Waals surface area contributed by atoms with Crippen molar-refractivity contribution in [3.63, 3.8) is 0 Å². The van der Waals surface area contributed by atoms with Crippen molar-refractivity contribution in [2.75, 3.05) is 6.61 Å². The van der Waals surface area contributed by atoms with Crippen LogP contribution in [0.4, 0.5) is 0 Å². The number of nitrogens with zero attached hydrogens (tertiary/aromatic N) is 2. The van der Waals surface area contributed by atoms with Crippen molar-refractivity contribution in [1.82, 2.24) is 0 Å². The monoisotopic (exact) mass is 320 g/mol. The van der Waals surface area contributed by atoms with Gasteiger partial charge in [-0.15, -0.1) is 0 Å². The lowest BCUT2D eigenvalue weighted by atomic mass is 9.92. The zero-order chi connectivity index (χ0) is 16.9. The molecule has 0 fully saturated rings. The summed E-state index contributed by atoms with van der Waals surface area (Å²) in [6.07, 6.45) is 0. The molecule has 3 rings (SSSR count). The summed E-state index contributed by atoms with van der Waals surface area (Å²) >= 11 is 0. The van der Waals surface area contributed by atoms with E-state index < -0.39 is 5.97 Å². The van der Waals surface area contributed by atoms with E-state index in [1.54, 1.807) is 6.92 Å². The van der Waals surface area contributed by atoms with Gasteiger partial charge in [0.2, 0.25) is 0 Å². The lowest BCUT2D eigenvalue weighted by Crippen LogP contribution is -2.30. The van der Waals surface area contributed by atoms with Crippen LogP contribution in [0.15, 0.2) is 70.6 Å². The standard InChI is InChI=1S/C20H20N2O2/c1-3-24-20(23)17-14(2)21-18(15-10-6-4-7-11-15)19(22-17)16-12-8-5-9-13-16/h4-13,18-19H,3H2,1-2H3. The molecule has 4 heteroatoms. The molecular formula is C20H20N2O2. The molecule has 0 radical (unpaired) electrons. The summed E-state index contributed by atoms with van der Waals surface area (Å²) < 4.78 is 5.13. The van der Waals surface area contributed by atoms with Gasteiger partial charge in [-0.25, -0.2) is 4.79 Å². The van der Waals surface area contributed by atoms with Crippen molar-refractivity contribution in [1.29, 1.82) is 0 Å². The maximum Gasteiger partial charge on any atom is 0.358 e. The summed E-state index contributed by atoms with van der Waals surface area (Å²) in [6, 6.07) is 19.6. The minimum atomic E-state index is -0.411. The Morgan fingerprint density at radius 2 is 1.42 bits per heavy atom. The second-order valence-corrected chi connectivity index (χ2v) is 5.62. The van der Waals surface area contributed by atoms with Crippen molar-refractivity contribution in [3.05, 3.63) is 71.8 Å². The third-order valence-electron chi connectivity index (χ3n) is 3.99. The van der Waals surface area contributed by atoms with Crippen LogP contribution in [-0.4, -0.2) is 24.0 Å². The van der Waals surface area contributed by atoms with E-state index in [9.17, 15) is 4.79 Å². The average molecular weight is 320 g/mol. The molecule has 0 saturated carbocycles. The van der Waals surface area contributed by atoms with Crippen molar-refractivity contribution >= 4 is 17.4 Å². The number of rotatable bonds is 4. The van der Waals surface area contributed by atoms with Crippen LogP contribution < -0.4 is 0 Å². The number of carbonyl (C=O) groups excluding carboxylic acids is 1. The van der Waals surface area contributed by atoms with E-state index in [1.165, 1.54) is 0 Å². The van der Waals surface area contributed by atoms with Gasteiger partial charge in [-0.05, 0) is 25.0 Å².